The maximum Gasteiger partial charge on any atom is 0.221 e. The molecule has 4 nitrogen and oxygen atoms in total. The van der Waals surface area contributed by atoms with Crippen molar-refractivity contribution in [3.63, 3.8) is 0 Å². The number of rotatable bonds is 3. The normalized spacial score (nSPS) is 11.3. The van der Waals surface area contributed by atoms with Crippen LogP contribution >= 0.6 is 23.2 Å². The van der Waals surface area contributed by atoms with Gasteiger partial charge in [0.15, 0.2) is 5.82 Å². The molecule has 0 radical (unpaired) electrons. The molecular weight excluding hydrogens is 309 g/mol. The number of H-pyrrole nitrogens is 1. The molecule has 0 amide bonds. The zero-order valence-electron chi connectivity index (χ0n) is 10.7. The second kappa shape index (κ2) is 5.68. The molecule has 0 aliphatic heterocycles. The van der Waals surface area contributed by atoms with Gasteiger partial charge in [-0.25, -0.2) is 4.98 Å². The molecule has 0 saturated carbocycles. The smallest absolute Gasteiger partial charge is 0.221 e. The number of hydrogen-bond acceptors (Lipinski definition) is 3. The first-order chi connectivity index (χ1) is 10.1. The SMILES string of the molecule is O=C(C=Cc1ccncc1)c1nc2cc(Cl)c(Cl)cc2[nH]1. The van der Waals surface area contributed by atoms with Crippen LogP contribution in [0.1, 0.15) is 16.2 Å². The number of fused-ring (bicyclic) bond motifs is 1. The van der Waals surface area contributed by atoms with Gasteiger partial charge in [0.2, 0.25) is 5.78 Å². The van der Waals surface area contributed by atoms with E-state index in [1.807, 2.05) is 12.1 Å². The van der Waals surface area contributed by atoms with Gasteiger partial charge in [-0.05, 0) is 35.9 Å². The molecule has 2 aromatic heterocycles. The lowest BCUT2D eigenvalue weighted by Gasteiger charge is -1.93. The molecule has 0 aliphatic rings. The highest BCUT2D eigenvalue weighted by Gasteiger charge is 2.10. The number of nitrogens with zero attached hydrogens (tertiary/aromatic N) is 2. The minimum absolute atomic E-state index is 0.227. The van der Waals surface area contributed by atoms with E-state index in [4.69, 9.17) is 23.2 Å². The topological polar surface area (TPSA) is 58.6 Å². The second-order valence-electron chi connectivity index (χ2n) is 4.35. The fourth-order valence-corrected chi connectivity index (χ4v) is 2.17. The van der Waals surface area contributed by atoms with Crippen LogP contribution in [0.2, 0.25) is 10.0 Å². The van der Waals surface area contributed by atoms with Gasteiger partial charge in [-0.2, -0.15) is 0 Å². The van der Waals surface area contributed by atoms with Gasteiger partial charge in [0, 0.05) is 12.4 Å². The van der Waals surface area contributed by atoms with Crippen molar-refractivity contribution >= 4 is 46.1 Å². The minimum atomic E-state index is -0.227. The van der Waals surface area contributed by atoms with Crippen molar-refractivity contribution in [2.75, 3.05) is 0 Å². The zero-order valence-corrected chi connectivity index (χ0v) is 12.2. The van der Waals surface area contributed by atoms with Gasteiger partial charge in [-0.15, -0.1) is 0 Å². The Morgan fingerprint density at radius 3 is 2.62 bits per heavy atom. The third kappa shape index (κ3) is 2.96. The summed E-state index contributed by atoms with van der Waals surface area (Å²) in [6, 6.07) is 6.89. The highest BCUT2D eigenvalue weighted by atomic mass is 35.5. The molecule has 0 aliphatic carbocycles. The number of carbonyl (C=O) groups excluding carboxylic acids is 1. The van der Waals surface area contributed by atoms with Crippen LogP contribution in [0.4, 0.5) is 0 Å². The van der Waals surface area contributed by atoms with E-state index < -0.39 is 0 Å². The Bertz CT molecular complexity index is 802. The van der Waals surface area contributed by atoms with Crippen LogP contribution < -0.4 is 0 Å². The number of allylic oxidation sites excluding steroid dienone is 1. The first kappa shape index (κ1) is 13.8. The highest BCUT2D eigenvalue weighted by molar-refractivity contribution is 6.42. The van der Waals surface area contributed by atoms with E-state index in [0.29, 0.717) is 21.1 Å². The number of pyridine rings is 1. The molecule has 0 atom stereocenters. The largest absolute Gasteiger partial charge is 0.335 e. The van der Waals surface area contributed by atoms with Gasteiger partial charge >= 0.3 is 0 Å². The lowest BCUT2D eigenvalue weighted by Crippen LogP contribution is -1.96. The van der Waals surface area contributed by atoms with E-state index >= 15 is 0 Å². The van der Waals surface area contributed by atoms with Crippen LogP contribution in [0.5, 0.6) is 0 Å². The third-order valence-corrected chi connectivity index (χ3v) is 3.61. The van der Waals surface area contributed by atoms with Crippen molar-refractivity contribution in [1.82, 2.24) is 15.0 Å². The van der Waals surface area contributed by atoms with E-state index in [-0.39, 0.29) is 11.6 Å². The summed E-state index contributed by atoms with van der Waals surface area (Å²) in [6.07, 6.45) is 6.48. The number of halogens is 2. The number of aromatic amines is 1. The molecule has 0 saturated heterocycles. The molecule has 3 aromatic rings. The Hall–Kier alpha value is -2.17. The maximum atomic E-state index is 12.1. The van der Waals surface area contributed by atoms with E-state index in [0.717, 1.165) is 5.56 Å². The van der Waals surface area contributed by atoms with E-state index in [1.54, 1.807) is 30.6 Å². The van der Waals surface area contributed by atoms with Crippen LogP contribution in [0.25, 0.3) is 17.1 Å². The average molecular weight is 318 g/mol. The predicted octanol–water partition coefficient (Wildman–Crippen LogP) is 4.16. The summed E-state index contributed by atoms with van der Waals surface area (Å²) in [7, 11) is 0. The number of carbonyl (C=O) groups is 1. The summed E-state index contributed by atoms with van der Waals surface area (Å²) in [5.74, 6) is 0.0175. The molecule has 0 bridgehead atoms. The summed E-state index contributed by atoms with van der Waals surface area (Å²) in [5, 5.41) is 0.820. The molecule has 104 valence electrons. The molecule has 6 heteroatoms. The second-order valence-corrected chi connectivity index (χ2v) is 5.16. The van der Waals surface area contributed by atoms with Crippen LogP contribution in [0, 0.1) is 0 Å². The van der Waals surface area contributed by atoms with Crippen LogP contribution in [0.15, 0.2) is 42.7 Å². The van der Waals surface area contributed by atoms with Gasteiger partial charge < -0.3 is 4.98 Å². The summed E-state index contributed by atoms with van der Waals surface area (Å²) in [4.78, 5) is 23.2. The van der Waals surface area contributed by atoms with Crippen molar-refractivity contribution in [3.8, 4) is 0 Å². The number of nitrogens with one attached hydrogen (secondary N) is 1. The Kier molecular flexibility index (Phi) is 3.73. The molecule has 0 unspecified atom stereocenters. The Balaban J connectivity index is 1.90. The first-order valence-electron chi connectivity index (χ1n) is 6.11. The fourth-order valence-electron chi connectivity index (χ4n) is 1.85. The lowest BCUT2D eigenvalue weighted by molar-refractivity contribution is 0.103. The van der Waals surface area contributed by atoms with Crippen molar-refractivity contribution in [2.45, 2.75) is 0 Å². The van der Waals surface area contributed by atoms with Gasteiger partial charge in [-0.3, -0.25) is 9.78 Å². The molecule has 0 fully saturated rings. The number of benzene rings is 1. The van der Waals surface area contributed by atoms with E-state index in [9.17, 15) is 4.79 Å². The van der Waals surface area contributed by atoms with Crippen molar-refractivity contribution < 1.29 is 4.79 Å². The van der Waals surface area contributed by atoms with Gasteiger partial charge in [0.05, 0.1) is 21.1 Å². The standard InChI is InChI=1S/C15H9Cl2N3O/c16-10-7-12-13(8-11(10)17)20-15(19-12)14(21)2-1-9-3-5-18-6-4-9/h1-8H,(H,19,20). The molecule has 21 heavy (non-hydrogen) atoms. The third-order valence-electron chi connectivity index (χ3n) is 2.89. The average Bonchev–Trinajstić information content (AvgIpc) is 2.89. The molecule has 2 heterocycles. The summed E-state index contributed by atoms with van der Waals surface area (Å²) >= 11 is 11.9. The number of aromatic nitrogens is 3. The minimum Gasteiger partial charge on any atom is -0.335 e. The van der Waals surface area contributed by atoms with Crippen LogP contribution in [-0.2, 0) is 0 Å². The van der Waals surface area contributed by atoms with Crippen molar-refractivity contribution in [3.05, 3.63) is 64.2 Å². The number of imidazole rings is 1. The highest BCUT2D eigenvalue weighted by Crippen LogP contribution is 2.26. The predicted molar refractivity (Wildman–Crippen MR) is 83.7 cm³/mol. The molecule has 3 rings (SSSR count). The van der Waals surface area contributed by atoms with Crippen molar-refractivity contribution in [2.24, 2.45) is 0 Å². The van der Waals surface area contributed by atoms with E-state index in [2.05, 4.69) is 15.0 Å². The Labute approximate surface area is 130 Å². The van der Waals surface area contributed by atoms with Gasteiger partial charge in [0.25, 0.3) is 0 Å². The molecule has 0 spiro atoms. The molecular formula is C15H9Cl2N3O. The van der Waals surface area contributed by atoms with Gasteiger partial charge in [-0.1, -0.05) is 29.3 Å². The molecule has 1 N–H and O–H groups in total. The summed E-state index contributed by atoms with van der Waals surface area (Å²) in [6.45, 7) is 0. The quantitative estimate of drug-likeness (QED) is 0.583. The fraction of sp³-hybridized carbons (Fsp3) is 0. The maximum absolute atomic E-state index is 12.1. The Morgan fingerprint density at radius 1 is 1.14 bits per heavy atom. The number of hydrogen-bond donors (Lipinski definition) is 1. The van der Waals surface area contributed by atoms with Crippen LogP contribution in [-0.4, -0.2) is 20.7 Å². The van der Waals surface area contributed by atoms with Crippen LogP contribution in [0.3, 0.4) is 0 Å². The van der Waals surface area contributed by atoms with Gasteiger partial charge in [0.1, 0.15) is 0 Å². The van der Waals surface area contributed by atoms with E-state index in [1.165, 1.54) is 6.08 Å². The lowest BCUT2D eigenvalue weighted by atomic mass is 10.2. The first-order valence-corrected chi connectivity index (χ1v) is 6.86. The summed E-state index contributed by atoms with van der Waals surface area (Å²) < 4.78 is 0. The monoisotopic (exact) mass is 317 g/mol. The van der Waals surface area contributed by atoms with Crippen molar-refractivity contribution in [1.29, 1.82) is 0 Å². The molecule has 1 aromatic carbocycles. The Morgan fingerprint density at radius 2 is 1.86 bits per heavy atom. The zero-order chi connectivity index (χ0) is 14.8. The number of ketones is 1. The summed E-state index contributed by atoms with van der Waals surface area (Å²) in [5.41, 5.74) is 2.16.